The molecule has 8 aromatic rings. The molecule has 0 radical (unpaired) electrons. The van der Waals surface area contributed by atoms with E-state index in [1.54, 1.807) is 0 Å². The fraction of sp³-hybridized carbons (Fsp3) is 0.102. The van der Waals surface area contributed by atoms with Gasteiger partial charge in [0.2, 0.25) is 0 Å². The molecular formula is C49H36N4O. The van der Waals surface area contributed by atoms with Gasteiger partial charge in [0, 0.05) is 39.7 Å². The summed E-state index contributed by atoms with van der Waals surface area (Å²) < 4.78 is 7.23. The van der Waals surface area contributed by atoms with Crippen molar-refractivity contribution in [3.05, 3.63) is 191 Å². The number of benzene rings is 6. The molecule has 0 amide bonds. The molecule has 0 saturated carbocycles. The number of ether oxygens (including phenoxy) is 1. The van der Waals surface area contributed by atoms with Crippen molar-refractivity contribution in [1.82, 2.24) is 19.9 Å². The average Bonchev–Trinajstić information content (AvgIpc) is 3.48. The zero-order valence-electron chi connectivity index (χ0n) is 30.6. The van der Waals surface area contributed by atoms with Gasteiger partial charge in [0.25, 0.3) is 0 Å². The van der Waals surface area contributed by atoms with E-state index < -0.39 is 5.41 Å². The average molecular weight is 697 g/mol. The van der Waals surface area contributed by atoms with Crippen LogP contribution in [0.3, 0.4) is 0 Å². The first-order valence-electron chi connectivity index (χ1n) is 18.4. The maximum absolute atomic E-state index is 7.23. The molecule has 1 aliphatic heterocycles. The van der Waals surface area contributed by atoms with Gasteiger partial charge in [-0.2, -0.15) is 0 Å². The quantitative estimate of drug-likeness (QED) is 0.183. The Kier molecular flexibility index (Phi) is 7.21. The van der Waals surface area contributed by atoms with E-state index in [4.69, 9.17) is 14.7 Å². The summed E-state index contributed by atoms with van der Waals surface area (Å²) in [5.74, 6) is 3.65. The zero-order chi connectivity index (χ0) is 36.6. The van der Waals surface area contributed by atoms with Crippen LogP contribution in [0.1, 0.15) is 45.2 Å². The second kappa shape index (κ2) is 12.2. The lowest BCUT2D eigenvalue weighted by molar-refractivity contribution is 0.438. The van der Waals surface area contributed by atoms with Crippen LogP contribution >= 0.6 is 0 Å². The van der Waals surface area contributed by atoms with Crippen molar-refractivity contribution in [3.8, 4) is 67.4 Å². The summed E-state index contributed by atoms with van der Waals surface area (Å²) in [7, 11) is 0. The molecule has 10 rings (SSSR count). The monoisotopic (exact) mass is 696 g/mol. The summed E-state index contributed by atoms with van der Waals surface area (Å²) in [6.07, 6.45) is 1.99. The Hall–Kier alpha value is -6.72. The number of rotatable bonds is 4. The first-order chi connectivity index (χ1) is 26.4. The Labute approximate surface area is 315 Å². The van der Waals surface area contributed by atoms with Crippen molar-refractivity contribution < 1.29 is 4.74 Å². The Balaban J connectivity index is 1.23. The van der Waals surface area contributed by atoms with E-state index in [1.807, 2.05) is 27.0 Å². The topological polar surface area (TPSA) is 60.8 Å². The molecule has 5 heteroatoms. The minimum absolute atomic E-state index is 0.611. The highest BCUT2D eigenvalue weighted by atomic mass is 16.5. The van der Waals surface area contributed by atoms with Crippen molar-refractivity contribution >= 4 is 0 Å². The number of fused-ring (bicyclic) bond motifs is 9. The van der Waals surface area contributed by atoms with Crippen LogP contribution in [-0.4, -0.2) is 19.9 Å². The van der Waals surface area contributed by atoms with E-state index in [-0.39, 0.29) is 0 Å². The molecule has 0 saturated heterocycles. The fourth-order valence-corrected chi connectivity index (χ4v) is 8.85. The molecule has 0 N–H and O–H groups in total. The van der Waals surface area contributed by atoms with Crippen molar-refractivity contribution in [1.29, 1.82) is 0 Å². The number of para-hydroxylation sites is 1. The zero-order valence-corrected chi connectivity index (χ0v) is 30.6. The molecule has 2 aliphatic rings. The number of hydrogen-bond donors (Lipinski definition) is 0. The van der Waals surface area contributed by atoms with Crippen LogP contribution in [0, 0.1) is 27.7 Å². The smallest absolute Gasteiger partial charge is 0.163 e. The molecule has 0 unspecified atom stereocenters. The fourth-order valence-electron chi connectivity index (χ4n) is 8.85. The van der Waals surface area contributed by atoms with E-state index in [1.165, 1.54) is 27.8 Å². The highest BCUT2D eigenvalue weighted by molar-refractivity contribution is 5.93. The molecule has 5 nitrogen and oxygen atoms in total. The van der Waals surface area contributed by atoms with Crippen molar-refractivity contribution in [2.75, 3.05) is 0 Å². The summed E-state index contributed by atoms with van der Waals surface area (Å²) in [5, 5.41) is 0. The number of nitrogens with zero attached hydrogens (tertiary/aromatic N) is 4. The first-order valence-corrected chi connectivity index (χ1v) is 18.4. The van der Waals surface area contributed by atoms with Crippen LogP contribution in [0.15, 0.2) is 146 Å². The SMILES string of the molecule is Cc1cc(C)c(-c2cccc(-c3ccccc3-c3cccc4c3Oc3cc(-c5nc(C)nc(C)n5)ccc3C43c4ccccc4-c4ccccc43)c2)cn1. The molecule has 2 aromatic heterocycles. The van der Waals surface area contributed by atoms with E-state index in [0.29, 0.717) is 17.5 Å². The third kappa shape index (κ3) is 4.78. The van der Waals surface area contributed by atoms with E-state index in [2.05, 4.69) is 156 Å². The van der Waals surface area contributed by atoms with Gasteiger partial charge >= 0.3 is 0 Å². The maximum atomic E-state index is 7.23. The Morgan fingerprint density at radius 3 is 1.74 bits per heavy atom. The molecule has 54 heavy (non-hydrogen) atoms. The Bertz CT molecular complexity index is 2750. The minimum atomic E-state index is -0.611. The normalized spacial score (nSPS) is 13.1. The summed E-state index contributed by atoms with van der Waals surface area (Å²) >= 11 is 0. The number of aromatic nitrogens is 4. The largest absolute Gasteiger partial charge is 0.456 e. The van der Waals surface area contributed by atoms with Gasteiger partial charge in [-0.25, -0.2) is 15.0 Å². The van der Waals surface area contributed by atoms with Crippen molar-refractivity contribution in [2.45, 2.75) is 33.1 Å². The molecule has 1 spiro atoms. The van der Waals surface area contributed by atoms with Crippen LogP contribution < -0.4 is 4.74 Å². The molecule has 6 aromatic carbocycles. The van der Waals surface area contributed by atoms with Gasteiger partial charge in [0.05, 0.1) is 5.41 Å². The second-order valence-corrected chi connectivity index (χ2v) is 14.4. The van der Waals surface area contributed by atoms with Crippen molar-refractivity contribution in [3.63, 3.8) is 0 Å². The van der Waals surface area contributed by atoms with E-state index in [9.17, 15) is 0 Å². The van der Waals surface area contributed by atoms with Crippen molar-refractivity contribution in [2.24, 2.45) is 0 Å². The molecule has 3 heterocycles. The Morgan fingerprint density at radius 2 is 1.04 bits per heavy atom. The lowest BCUT2D eigenvalue weighted by Gasteiger charge is -2.40. The minimum Gasteiger partial charge on any atom is -0.456 e. The second-order valence-electron chi connectivity index (χ2n) is 14.4. The predicted molar refractivity (Wildman–Crippen MR) is 216 cm³/mol. The molecule has 0 atom stereocenters. The molecular weight excluding hydrogens is 661 g/mol. The predicted octanol–water partition coefficient (Wildman–Crippen LogP) is 11.6. The van der Waals surface area contributed by atoms with E-state index >= 15 is 0 Å². The maximum Gasteiger partial charge on any atom is 0.163 e. The van der Waals surface area contributed by atoms with Gasteiger partial charge in [-0.05, 0) is 96.0 Å². The van der Waals surface area contributed by atoms with Gasteiger partial charge in [0.1, 0.15) is 23.1 Å². The van der Waals surface area contributed by atoms with Gasteiger partial charge < -0.3 is 4.74 Å². The molecule has 258 valence electrons. The number of pyridine rings is 1. The summed E-state index contributed by atoms with van der Waals surface area (Å²) in [6.45, 7) is 8.00. The number of hydrogen-bond acceptors (Lipinski definition) is 5. The summed E-state index contributed by atoms with van der Waals surface area (Å²) in [4.78, 5) is 18.5. The first kappa shape index (κ1) is 32.0. The molecule has 1 aliphatic carbocycles. The van der Waals surface area contributed by atoms with Crippen LogP contribution in [-0.2, 0) is 5.41 Å². The van der Waals surface area contributed by atoms with Crippen LogP contribution in [0.25, 0.3) is 55.9 Å². The number of aryl methyl sites for hydroxylation is 4. The van der Waals surface area contributed by atoms with E-state index in [0.717, 1.165) is 67.3 Å². The Morgan fingerprint density at radius 1 is 0.444 bits per heavy atom. The lowest BCUT2D eigenvalue weighted by Crippen LogP contribution is -2.32. The summed E-state index contributed by atoms with van der Waals surface area (Å²) in [5.41, 5.74) is 16.4. The third-order valence-corrected chi connectivity index (χ3v) is 11.0. The van der Waals surface area contributed by atoms with Gasteiger partial charge in [-0.1, -0.05) is 121 Å². The van der Waals surface area contributed by atoms with Gasteiger partial charge in [0.15, 0.2) is 5.82 Å². The third-order valence-electron chi connectivity index (χ3n) is 11.0. The van der Waals surface area contributed by atoms with Crippen LogP contribution in [0.5, 0.6) is 11.5 Å². The van der Waals surface area contributed by atoms with Crippen LogP contribution in [0.2, 0.25) is 0 Å². The van der Waals surface area contributed by atoms with Crippen LogP contribution in [0.4, 0.5) is 0 Å². The van der Waals surface area contributed by atoms with Gasteiger partial charge in [-0.3, -0.25) is 4.98 Å². The lowest BCUT2D eigenvalue weighted by atomic mass is 9.65. The molecule has 0 bridgehead atoms. The summed E-state index contributed by atoms with van der Waals surface area (Å²) in [6, 6.07) is 50.3. The molecule has 0 fully saturated rings. The highest BCUT2D eigenvalue weighted by Gasteiger charge is 2.51. The highest BCUT2D eigenvalue weighted by Crippen LogP contribution is 2.63. The standard InChI is InChI=1S/C49H36N4O/c1-29-25-30(2)50-28-41(29)34-14-11-13-33(26-34)36-15-5-6-16-37(36)40-19-12-22-45-47(40)54-46-27-35(48-52-31(3)51-32(4)53-48)23-24-44(46)49(45)42-20-9-7-17-38(42)39-18-8-10-21-43(39)49/h5-28H,1-4H3. The van der Waals surface area contributed by atoms with Gasteiger partial charge in [-0.15, -0.1) is 0 Å².